The second kappa shape index (κ2) is 8.10. The van der Waals surface area contributed by atoms with Gasteiger partial charge in [0.15, 0.2) is 5.16 Å². The summed E-state index contributed by atoms with van der Waals surface area (Å²) < 4.78 is 13.1. The van der Waals surface area contributed by atoms with Crippen LogP contribution in [0.2, 0.25) is 0 Å². The minimum absolute atomic E-state index is 0.550. The Morgan fingerprint density at radius 1 is 1.10 bits per heavy atom. The molecular weight excluding hydrogens is 386 g/mol. The predicted octanol–water partition coefficient (Wildman–Crippen LogP) is 4.56. The molecule has 0 atom stereocenters. The van der Waals surface area contributed by atoms with Gasteiger partial charge in [-0.05, 0) is 56.4 Å². The highest BCUT2D eigenvalue weighted by Crippen LogP contribution is 2.41. The molecule has 1 aromatic carbocycles. The Morgan fingerprint density at radius 3 is 2.62 bits per heavy atom. The number of ether oxygens (including phenoxy) is 1. The smallest absolute Gasteiger partial charge is 0.228 e. The van der Waals surface area contributed by atoms with Gasteiger partial charge in [-0.1, -0.05) is 16.9 Å². The monoisotopic (exact) mass is 411 g/mol. The van der Waals surface area contributed by atoms with E-state index in [1.54, 1.807) is 18.9 Å². The second-order valence-corrected chi connectivity index (χ2v) is 8.57. The SMILES string of the molecule is COc1ccc(-c2cc(CSc3nnc(N4CCCCC4)n3C3CC3)on2)cc1. The Morgan fingerprint density at radius 2 is 1.90 bits per heavy atom. The number of anilines is 1. The highest BCUT2D eigenvalue weighted by Gasteiger charge is 2.32. The van der Waals surface area contributed by atoms with Gasteiger partial charge in [-0.15, -0.1) is 10.2 Å². The van der Waals surface area contributed by atoms with Crippen molar-refractivity contribution in [3.63, 3.8) is 0 Å². The van der Waals surface area contributed by atoms with Crippen LogP contribution in [-0.2, 0) is 5.75 Å². The maximum Gasteiger partial charge on any atom is 0.228 e. The average molecular weight is 412 g/mol. The minimum Gasteiger partial charge on any atom is -0.497 e. The lowest BCUT2D eigenvalue weighted by Gasteiger charge is -2.27. The fourth-order valence-corrected chi connectivity index (χ4v) is 4.62. The Balaban J connectivity index is 1.29. The topological polar surface area (TPSA) is 69.2 Å². The van der Waals surface area contributed by atoms with Crippen molar-refractivity contribution >= 4 is 17.7 Å². The number of aromatic nitrogens is 4. The first-order valence-corrected chi connectivity index (χ1v) is 11.2. The summed E-state index contributed by atoms with van der Waals surface area (Å²) in [4.78, 5) is 2.40. The summed E-state index contributed by atoms with van der Waals surface area (Å²) in [7, 11) is 1.66. The molecule has 0 spiro atoms. The molecule has 8 heteroatoms. The van der Waals surface area contributed by atoms with Gasteiger partial charge in [0, 0.05) is 30.8 Å². The van der Waals surface area contributed by atoms with E-state index in [0.717, 1.165) is 47.0 Å². The van der Waals surface area contributed by atoms with Crippen molar-refractivity contribution in [1.29, 1.82) is 0 Å². The van der Waals surface area contributed by atoms with Crippen molar-refractivity contribution in [3.05, 3.63) is 36.1 Å². The van der Waals surface area contributed by atoms with Crippen LogP contribution >= 0.6 is 11.8 Å². The van der Waals surface area contributed by atoms with Gasteiger partial charge in [0.2, 0.25) is 5.95 Å². The maximum atomic E-state index is 5.57. The number of hydrogen-bond acceptors (Lipinski definition) is 7. The maximum absolute atomic E-state index is 5.57. The zero-order valence-corrected chi connectivity index (χ0v) is 17.4. The zero-order chi connectivity index (χ0) is 19.6. The van der Waals surface area contributed by atoms with E-state index in [1.165, 1.54) is 32.1 Å². The fraction of sp³-hybridized carbons (Fsp3) is 0.476. The number of benzene rings is 1. The Kier molecular flexibility index (Phi) is 5.18. The van der Waals surface area contributed by atoms with Crippen LogP contribution < -0.4 is 9.64 Å². The number of hydrogen-bond donors (Lipinski definition) is 0. The summed E-state index contributed by atoms with van der Waals surface area (Å²) in [5, 5.41) is 14.3. The zero-order valence-electron chi connectivity index (χ0n) is 16.6. The van der Waals surface area contributed by atoms with Gasteiger partial charge >= 0.3 is 0 Å². The van der Waals surface area contributed by atoms with E-state index < -0.39 is 0 Å². The van der Waals surface area contributed by atoms with Crippen LogP contribution in [0.15, 0.2) is 40.0 Å². The number of methoxy groups -OCH3 is 1. The molecule has 2 aromatic heterocycles. The Bertz CT molecular complexity index is 958. The molecule has 1 aliphatic heterocycles. The van der Waals surface area contributed by atoms with E-state index in [9.17, 15) is 0 Å². The lowest BCUT2D eigenvalue weighted by Crippen LogP contribution is -2.31. The van der Waals surface area contributed by atoms with Crippen molar-refractivity contribution in [1.82, 2.24) is 19.9 Å². The molecule has 2 fully saturated rings. The lowest BCUT2D eigenvalue weighted by molar-refractivity contribution is 0.397. The van der Waals surface area contributed by atoms with Gasteiger partial charge in [-0.2, -0.15) is 0 Å². The van der Waals surface area contributed by atoms with E-state index in [-0.39, 0.29) is 0 Å². The molecular formula is C21H25N5O2S. The van der Waals surface area contributed by atoms with Gasteiger partial charge < -0.3 is 14.2 Å². The van der Waals surface area contributed by atoms with E-state index >= 15 is 0 Å². The van der Waals surface area contributed by atoms with Crippen LogP contribution in [0, 0.1) is 0 Å². The van der Waals surface area contributed by atoms with E-state index in [1.807, 2.05) is 30.3 Å². The standard InChI is InChI=1S/C21H25N5O2S/c1-27-17-9-5-15(6-10-17)19-13-18(28-24-19)14-29-21-23-22-20(26(21)16-7-8-16)25-11-3-2-4-12-25/h5-6,9-10,13,16H,2-4,7-8,11-12,14H2,1H3. The average Bonchev–Trinajstić information content (AvgIpc) is 3.35. The normalized spacial score (nSPS) is 16.9. The van der Waals surface area contributed by atoms with Crippen LogP contribution in [0.5, 0.6) is 5.75 Å². The van der Waals surface area contributed by atoms with E-state index in [0.29, 0.717) is 11.8 Å². The Hall–Kier alpha value is -2.48. The summed E-state index contributed by atoms with van der Waals surface area (Å²) >= 11 is 1.68. The quantitative estimate of drug-likeness (QED) is 0.528. The molecule has 0 N–H and O–H groups in total. The van der Waals surface area contributed by atoms with Crippen LogP contribution in [0.3, 0.4) is 0 Å². The van der Waals surface area contributed by atoms with Crippen molar-refractivity contribution in [2.45, 2.75) is 49.1 Å². The molecule has 1 saturated heterocycles. The van der Waals surface area contributed by atoms with Gasteiger partial charge in [0.25, 0.3) is 0 Å². The van der Waals surface area contributed by atoms with Crippen molar-refractivity contribution in [2.24, 2.45) is 0 Å². The molecule has 3 heterocycles. The van der Waals surface area contributed by atoms with E-state index in [4.69, 9.17) is 9.26 Å². The summed E-state index contributed by atoms with van der Waals surface area (Å²) in [5.74, 6) is 3.41. The molecule has 29 heavy (non-hydrogen) atoms. The summed E-state index contributed by atoms with van der Waals surface area (Å²) in [6, 6.07) is 10.4. The molecule has 1 saturated carbocycles. The molecule has 0 unspecified atom stereocenters. The Labute approximate surface area is 174 Å². The third-order valence-corrected chi connectivity index (χ3v) is 6.45. The van der Waals surface area contributed by atoms with Crippen LogP contribution in [0.1, 0.15) is 43.9 Å². The van der Waals surface area contributed by atoms with Crippen LogP contribution in [0.25, 0.3) is 11.3 Å². The van der Waals surface area contributed by atoms with E-state index in [2.05, 4.69) is 24.8 Å². The van der Waals surface area contributed by atoms with Gasteiger partial charge in [0.1, 0.15) is 17.2 Å². The summed E-state index contributed by atoms with van der Waals surface area (Å²) in [5.41, 5.74) is 1.85. The predicted molar refractivity (Wildman–Crippen MR) is 112 cm³/mol. The van der Waals surface area contributed by atoms with Crippen molar-refractivity contribution < 1.29 is 9.26 Å². The van der Waals surface area contributed by atoms with Gasteiger partial charge in [0.05, 0.1) is 12.9 Å². The molecule has 7 nitrogen and oxygen atoms in total. The van der Waals surface area contributed by atoms with Gasteiger partial charge in [-0.25, -0.2) is 0 Å². The lowest BCUT2D eigenvalue weighted by atomic mass is 10.1. The van der Waals surface area contributed by atoms with Crippen molar-refractivity contribution in [3.8, 4) is 17.0 Å². The number of piperidine rings is 1. The minimum atomic E-state index is 0.550. The molecule has 2 aliphatic rings. The molecule has 152 valence electrons. The fourth-order valence-electron chi connectivity index (χ4n) is 3.74. The first-order chi connectivity index (χ1) is 14.3. The molecule has 3 aromatic rings. The summed E-state index contributed by atoms with van der Waals surface area (Å²) in [6.07, 6.45) is 6.24. The highest BCUT2D eigenvalue weighted by molar-refractivity contribution is 7.98. The molecule has 1 aliphatic carbocycles. The number of thioether (sulfide) groups is 1. The molecule has 0 radical (unpaired) electrons. The number of rotatable bonds is 7. The van der Waals surface area contributed by atoms with Crippen LogP contribution in [-0.4, -0.2) is 40.1 Å². The largest absolute Gasteiger partial charge is 0.497 e. The molecule has 5 rings (SSSR count). The molecule has 0 amide bonds. The third kappa shape index (κ3) is 3.99. The second-order valence-electron chi connectivity index (χ2n) is 7.63. The first kappa shape index (κ1) is 18.5. The highest BCUT2D eigenvalue weighted by atomic mass is 32.2. The third-order valence-electron chi connectivity index (χ3n) is 5.49. The number of nitrogens with zero attached hydrogens (tertiary/aromatic N) is 5. The first-order valence-electron chi connectivity index (χ1n) is 10.2. The van der Waals surface area contributed by atoms with Gasteiger partial charge in [-0.3, -0.25) is 4.57 Å². The van der Waals surface area contributed by atoms with Crippen molar-refractivity contribution in [2.75, 3.05) is 25.1 Å². The molecule has 0 bridgehead atoms. The summed E-state index contributed by atoms with van der Waals surface area (Å²) in [6.45, 7) is 2.17. The van der Waals surface area contributed by atoms with Crippen LogP contribution in [0.4, 0.5) is 5.95 Å².